The molecule has 0 heterocycles. The van der Waals surface area contributed by atoms with Crippen LogP contribution in [0.2, 0.25) is 0 Å². The van der Waals surface area contributed by atoms with Crippen LogP contribution in [-0.2, 0) is 0 Å². The van der Waals surface area contributed by atoms with E-state index in [0.717, 1.165) is 17.8 Å². The molecule has 0 aliphatic heterocycles. The Morgan fingerprint density at radius 2 is 2.00 bits per heavy atom. The minimum atomic E-state index is 0.456. The summed E-state index contributed by atoms with van der Waals surface area (Å²) in [5.41, 5.74) is 1.28. The van der Waals surface area contributed by atoms with Crippen molar-refractivity contribution in [3.05, 3.63) is 24.8 Å². The molecule has 2 nitrogen and oxygen atoms in total. The van der Waals surface area contributed by atoms with Gasteiger partial charge in [0.25, 0.3) is 0 Å². The SMILES string of the molecule is C=CC(C1CCCC(C(C)CC)C1)C1C(=NC)/C=C\CCCCC1NC. The molecule has 0 aromatic heterocycles. The Balaban J connectivity index is 2.28. The van der Waals surface area contributed by atoms with Crippen LogP contribution in [0, 0.1) is 29.6 Å². The molecule has 148 valence electrons. The van der Waals surface area contributed by atoms with Crippen LogP contribution in [0.25, 0.3) is 0 Å². The highest BCUT2D eigenvalue weighted by molar-refractivity contribution is 5.97. The molecule has 0 bridgehead atoms. The summed E-state index contributed by atoms with van der Waals surface area (Å²) in [6, 6.07) is 0.503. The predicted molar refractivity (Wildman–Crippen MR) is 116 cm³/mol. The molecule has 6 unspecified atom stereocenters. The Labute approximate surface area is 162 Å². The smallest absolute Gasteiger partial charge is 0.0394 e. The van der Waals surface area contributed by atoms with Crippen molar-refractivity contribution in [2.24, 2.45) is 34.6 Å². The van der Waals surface area contributed by atoms with Gasteiger partial charge in [0.15, 0.2) is 0 Å². The van der Waals surface area contributed by atoms with E-state index in [2.05, 4.69) is 51.0 Å². The van der Waals surface area contributed by atoms with Crippen LogP contribution in [0.1, 0.15) is 71.6 Å². The zero-order valence-corrected chi connectivity index (χ0v) is 17.7. The van der Waals surface area contributed by atoms with E-state index in [1.54, 1.807) is 0 Å². The Kier molecular flexibility index (Phi) is 9.11. The first-order valence-electron chi connectivity index (χ1n) is 11.1. The molecule has 1 N–H and O–H groups in total. The normalized spacial score (nSPS) is 35.8. The van der Waals surface area contributed by atoms with Gasteiger partial charge in [-0.3, -0.25) is 4.99 Å². The lowest BCUT2D eigenvalue weighted by Gasteiger charge is -2.41. The van der Waals surface area contributed by atoms with Gasteiger partial charge in [0, 0.05) is 24.7 Å². The summed E-state index contributed by atoms with van der Waals surface area (Å²) in [6.07, 6.45) is 18.8. The van der Waals surface area contributed by atoms with Gasteiger partial charge in [-0.25, -0.2) is 0 Å². The molecule has 2 heteroatoms. The van der Waals surface area contributed by atoms with Crippen LogP contribution >= 0.6 is 0 Å². The maximum Gasteiger partial charge on any atom is 0.0394 e. The number of hydrogen-bond acceptors (Lipinski definition) is 2. The summed E-state index contributed by atoms with van der Waals surface area (Å²) in [7, 11) is 4.11. The van der Waals surface area contributed by atoms with Gasteiger partial charge in [-0.05, 0) is 68.9 Å². The van der Waals surface area contributed by atoms with Gasteiger partial charge >= 0.3 is 0 Å². The van der Waals surface area contributed by atoms with Crippen LogP contribution in [0.4, 0.5) is 0 Å². The van der Waals surface area contributed by atoms with Crippen molar-refractivity contribution >= 4 is 5.71 Å². The summed E-state index contributed by atoms with van der Waals surface area (Å²) in [4.78, 5) is 4.75. The van der Waals surface area contributed by atoms with E-state index >= 15 is 0 Å². The Morgan fingerprint density at radius 1 is 1.23 bits per heavy atom. The minimum absolute atomic E-state index is 0.456. The van der Waals surface area contributed by atoms with E-state index < -0.39 is 0 Å². The second-order valence-electron chi connectivity index (χ2n) is 8.64. The van der Waals surface area contributed by atoms with Crippen molar-refractivity contribution in [1.29, 1.82) is 0 Å². The lowest BCUT2D eigenvalue weighted by molar-refractivity contribution is 0.147. The third-order valence-corrected chi connectivity index (χ3v) is 7.26. The van der Waals surface area contributed by atoms with Crippen LogP contribution in [-0.4, -0.2) is 25.8 Å². The van der Waals surface area contributed by atoms with Crippen LogP contribution < -0.4 is 5.32 Å². The number of aliphatic imine (C=N–C) groups is 1. The molecule has 1 fully saturated rings. The average molecular weight is 359 g/mol. The van der Waals surface area contributed by atoms with Gasteiger partial charge in [-0.1, -0.05) is 51.7 Å². The monoisotopic (exact) mass is 358 g/mol. The van der Waals surface area contributed by atoms with Gasteiger partial charge in [0.1, 0.15) is 0 Å². The third kappa shape index (κ3) is 5.31. The van der Waals surface area contributed by atoms with Crippen molar-refractivity contribution in [3.8, 4) is 0 Å². The van der Waals surface area contributed by atoms with Crippen molar-refractivity contribution in [2.45, 2.75) is 77.7 Å². The van der Waals surface area contributed by atoms with Crippen LogP contribution in [0.5, 0.6) is 0 Å². The molecule has 0 amide bonds. The summed E-state index contributed by atoms with van der Waals surface area (Å²) in [5.74, 6) is 3.48. The minimum Gasteiger partial charge on any atom is -0.316 e. The van der Waals surface area contributed by atoms with Gasteiger partial charge in [-0.2, -0.15) is 0 Å². The Morgan fingerprint density at radius 3 is 2.65 bits per heavy atom. The molecule has 26 heavy (non-hydrogen) atoms. The molecule has 0 saturated heterocycles. The van der Waals surface area contributed by atoms with Crippen molar-refractivity contribution < 1.29 is 0 Å². The topological polar surface area (TPSA) is 24.4 Å². The first-order valence-corrected chi connectivity index (χ1v) is 11.1. The molecule has 1 saturated carbocycles. The molecule has 2 aliphatic carbocycles. The largest absolute Gasteiger partial charge is 0.316 e. The summed E-state index contributed by atoms with van der Waals surface area (Å²) < 4.78 is 0. The zero-order valence-electron chi connectivity index (χ0n) is 17.7. The zero-order chi connectivity index (χ0) is 18.9. The average Bonchev–Trinajstić information content (AvgIpc) is 2.78. The number of rotatable bonds is 6. The molecular formula is C24H42N2. The number of allylic oxidation sites excluding steroid dienone is 3. The maximum absolute atomic E-state index is 4.75. The lowest BCUT2D eigenvalue weighted by atomic mass is 9.65. The second kappa shape index (κ2) is 11.1. The highest BCUT2D eigenvalue weighted by atomic mass is 14.9. The fourth-order valence-electron chi connectivity index (χ4n) is 5.44. The van der Waals surface area contributed by atoms with Gasteiger partial charge < -0.3 is 5.32 Å². The van der Waals surface area contributed by atoms with E-state index in [4.69, 9.17) is 4.99 Å². The Hall–Kier alpha value is -0.890. The summed E-state index contributed by atoms with van der Waals surface area (Å²) in [6.45, 7) is 9.11. The quantitative estimate of drug-likeness (QED) is 0.575. The highest BCUT2D eigenvalue weighted by Crippen LogP contribution is 2.42. The molecule has 0 spiro atoms. The first kappa shape index (κ1) is 21.4. The molecule has 0 aromatic rings. The van der Waals surface area contributed by atoms with Crippen molar-refractivity contribution in [2.75, 3.05) is 14.1 Å². The molecule has 2 rings (SSSR count). The number of hydrogen-bond donors (Lipinski definition) is 1. The van der Waals surface area contributed by atoms with Gasteiger partial charge in [0.05, 0.1) is 0 Å². The van der Waals surface area contributed by atoms with Gasteiger partial charge in [0.2, 0.25) is 0 Å². The standard InChI is InChI=1S/C24H42N2/c1-6-18(3)19-13-12-14-20(17-19)21(7-2)24-22(25-4)15-10-8-9-11-16-23(24)26-5/h7,10,15,18-21,23-24,26H,2,6,8-9,11-14,16-17H2,1,3-5H3/b15-10-,25-22?. The fraction of sp³-hybridized carbons (Fsp3) is 0.792. The predicted octanol–water partition coefficient (Wildman–Crippen LogP) is 6.05. The fourth-order valence-corrected chi connectivity index (χ4v) is 5.44. The first-order chi connectivity index (χ1) is 12.7. The summed E-state index contributed by atoms with van der Waals surface area (Å²) >= 11 is 0. The Bertz CT molecular complexity index is 479. The second-order valence-corrected chi connectivity index (χ2v) is 8.64. The maximum atomic E-state index is 4.75. The van der Waals surface area contributed by atoms with Gasteiger partial charge in [-0.15, -0.1) is 6.58 Å². The van der Waals surface area contributed by atoms with E-state index in [9.17, 15) is 0 Å². The summed E-state index contributed by atoms with van der Waals surface area (Å²) in [5, 5.41) is 3.65. The molecular weight excluding hydrogens is 316 g/mol. The lowest BCUT2D eigenvalue weighted by Crippen LogP contribution is -2.44. The van der Waals surface area contributed by atoms with E-state index in [1.807, 2.05) is 7.05 Å². The van der Waals surface area contributed by atoms with Crippen molar-refractivity contribution in [1.82, 2.24) is 5.32 Å². The van der Waals surface area contributed by atoms with Crippen molar-refractivity contribution in [3.63, 3.8) is 0 Å². The molecule has 0 radical (unpaired) electrons. The number of nitrogens with zero attached hydrogens (tertiary/aromatic N) is 1. The molecule has 0 aromatic carbocycles. The highest BCUT2D eigenvalue weighted by Gasteiger charge is 2.37. The third-order valence-electron chi connectivity index (χ3n) is 7.26. The molecule has 6 atom stereocenters. The van der Waals surface area contributed by atoms with Crippen LogP contribution in [0.15, 0.2) is 29.8 Å². The van der Waals surface area contributed by atoms with E-state index in [0.29, 0.717) is 17.9 Å². The van der Waals surface area contributed by atoms with E-state index in [1.165, 1.54) is 63.5 Å². The number of nitrogens with one attached hydrogen (secondary N) is 1. The molecule has 2 aliphatic rings. The van der Waals surface area contributed by atoms with Crippen LogP contribution in [0.3, 0.4) is 0 Å². The van der Waals surface area contributed by atoms with E-state index in [-0.39, 0.29) is 0 Å².